The van der Waals surface area contributed by atoms with Gasteiger partial charge in [-0.3, -0.25) is 9.69 Å². The Morgan fingerprint density at radius 3 is 2.34 bits per heavy atom. The average Bonchev–Trinajstić information content (AvgIpc) is 3.69. The highest BCUT2D eigenvalue weighted by molar-refractivity contribution is 7.66. The second kappa shape index (κ2) is 15.5. The van der Waals surface area contributed by atoms with Crippen molar-refractivity contribution < 1.29 is 75.0 Å². The molecule has 0 amide bonds. The Hall–Kier alpha value is -4.12. The summed E-state index contributed by atoms with van der Waals surface area (Å²) in [6.07, 6.45) is 13.8. The molecule has 0 radical (unpaired) electrons. The van der Waals surface area contributed by atoms with Gasteiger partial charge in [0.15, 0.2) is 22.7 Å². The number of benzene rings is 1. The first-order chi connectivity index (χ1) is 29.7. The second-order valence-electron chi connectivity index (χ2n) is 18.2. The van der Waals surface area contributed by atoms with E-state index in [0.29, 0.717) is 36.3 Å². The normalized spacial score (nSPS) is 29.7. The molecule has 3 aliphatic carbocycles. The molecule has 4 aliphatic heterocycles. The van der Waals surface area contributed by atoms with Gasteiger partial charge in [-0.1, -0.05) is 29.4 Å². The first-order valence-corrected chi connectivity index (χ1v) is 25.2. The van der Waals surface area contributed by atoms with Crippen molar-refractivity contribution in [1.29, 1.82) is 0 Å². The van der Waals surface area contributed by atoms with Crippen LogP contribution in [0.4, 0.5) is 5.95 Å². The number of allylic oxidation sites excluding steroid dienone is 4. The number of carbonyl (C=O) groups is 2. The summed E-state index contributed by atoms with van der Waals surface area (Å²) in [5, 5.41) is 3.41. The van der Waals surface area contributed by atoms with Gasteiger partial charge >= 0.3 is 29.4 Å². The van der Waals surface area contributed by atoms with E-state index in [0.717, 1.165) is 11.1 Å². The van der Waals surface area contributed by atoms with E-state index in [1.165, 1.54) is 7.11 Å². The number of rotatable bonds is 14. The molecule has 1 aromatic carbocycles. The van der Waals surface area contributed by atoms with Gasteiger partial charge in [0.05, 0.1) is 35.6 Å². The number of anilines is 1. The highest BCUT2D eigenvalue weighted by Gasteiger charge is 2.84. The summed E-state index contributed by atoms with van der Waals surface area (Å²) in [4.78, 5) is 73.0. The lowest BCUT2D eigenvalue weighted by atomic mass is 9.47. The SMILES string of the molecule is COC(=O)/C(C)=C\CC12OC(C)(C)C3CC(C1=O)C1C4=C(Nc5nccn51)c1c(OP(=O)(O)OP(=O)(O)OP(=O)(O)O)c5c(c(CC=C(C)C)c1OC432)OC(C)(CCC=C(C)C)C=C5. The van der Waals surface area contributed by atoms with Crippen LogP contribution in [0.1, 0.15) is 104 Å². The van der Waals surface area contributed by atoms with Crippen molar-refractivity contribution in [3.63, 3.8) is 0 Å². The maximum absolute atomic E-state index is 15.4. The molecule has 5 N–H and O–H groups in total. The number of aromatic nitrogens is 2. The Bertz CT molecular complexity index is 2690. The van der Waals surface area contributed by atoms with Crippen LogP contribution in [0, 0.1) is 11.8 Å². The molecule has 5 heterocycles. The van der Waals surface area contributed by atoms with Crippen molar-refractivity contribution in [2.75, 3.05) is 12.4 Å². The number of esters is 1. The van der Waals surface area contributed by atoms with Gasteiger partial charge in [-0.25, -0.2) is 23.5 Å². The largest absolute Gasteiger partial charge is 0.536 e. The van der Waals surface area contributed by atoms with Gasteiger partial charge in [0.1, 0.15) is 17.1 Å². The summed E-state index contributed by atoms with van der Waals surface area (Å²) in [5.74, 6) is -2.02. The van der Waals surface area contributed by atoms with Crippen LogP contribution in [0.5, 0.6) is 17.2 Å². The van der Waals surface area contributed by atoms with Crippen molar-refractivity contribution in [2.24, 2.45) is 11.8 Å². The Labute approximate surface area is 369 Å². The minimum atomic E-state index is -5.98. The molecule has 4 bridgehead atoms. The van der Waals surface area contributed by atoms with Crippen LogP contribution in [0.25, 0.3) is 11.8 Å². The fraction of sp³-hybridized carbons (Fsp3) is 0.500. The molecule has 64 heavy (non-hydrogen) atoms. The predicted octanol–water partition coefficient (Wildman–Crippen LogP) is 7.79. The van der Waals surface area contributed by atoms with E-state index < -0.39 is 75.5 Å². The number of ether oxygens (including phenoxy) is 4. The van der Waals surface area contributed by atoms with E-state index in [2.05, 4.69) is 25.0 Å². The number of methoxy groups -OCH3 is 1. The topological polar surface area (TPSA) is 261 Å². The van der Waals surface area contributed by atoms with Crippen molar-refractivity contribution >= 4 is 52.9 Å². The van der Waals surface area contributed by atoms with E-state index in [1.807, 2.05) is 59.1 Å². The Morgan fingerprint density at radius 1 is 0.984 bits per heavy atom. The Kier molecular flexibility index (Phi) is 11.2. The molecule has 346 valence electrons. The zero-order chi connectivity index (χ0) is 46.7. The van der Waals surface area contributed by atoms with Gasteiger partial charge in [-0.05, 0) is 93.2 Å². The Morgan fingerprint density at radius 2 is 1.69 bits per heavy atom. The zero-order valence-corrected chi connectivity index (χ0v) is 39.4. The number of nitrogens with zero attached hydrogens (tertiary/aromatic N) is 2. The van der Waals surface area contributed by atoms with E-state index in [4.69, 9.17) is 23.5 Å². The summed E-state index contributed by atoms with van der Waals surface area (Å²) in [6.45, 7) is 15.0. The van der Waals surface area contributed by atoms with Crippen LogP contribution in [0.15, 0.2) is 59.0 Å². The lowest BCUT2D eigenvalue weighted by Crippen LogP contribution is -2.75. The number of ketones is 1. The fourth-order valence-corrected chi connectivity index (χ4v) is 13.4. The summed E-state index contributed by atoms with van der Waals surface area (Å²) < 4.78 is 81.0. The monoisotopic (exact) mass is 947 g/mol. The highest BCUT2D eigenvalue weighted by atomic mass is 31.3. The third-order valence-corrected chi connectivity index (χ3v) is 16.6. The maximum Gasteiger partial charge on any atom is 0.536 e. The number of hydrogen-bond donors (Lipinski definition) is 5. The number of phosphoric ester groups is 1. The van der Waals surface area contributed by atoms with Crippen LogP contribution in [0.3, 0.4) is 0 Å². The molecule has 8 unspecified atom stereocenters. The lowest BCUT2D eigenvalue weighted by molar-refractivity contribution is -0.181. The van der Waals surface area contributed by atoms with E-state index in [-0.39, 0.29) is 52.5 Å². The van der Waals surface area contributed by atoms with Gasteiger partial charge in [-0.15, -0.1) is 0 Å². The van der Waals surface area contributed by atoms with Crippen LogP contribution in [-0.4, -0.2) is 70.4 Å². The highest BCUT2D eigenvalue weighted by Crippen LogP contribution is 2.75. The van der Waals surface area contributed by atoms with Gasteiger partial charge < -0.3 is 48.0 Å². The van der Waals surface area contributed by atoms with Crippen molar-refractivity contribution in [3.8, 4) is 17.2 Å². The third kappa shape index (κ3) is 7.51. The number of nitrogens with one attached hydrogen (secondary N) is 1. The van der Waals surface area contributed by atoms with Gasteiger partial charge in [-0.2, -0.15) is 8.62 Å². The van der Waals surface area contributed by atoms with Crippen LogP contribution in [0.2, 0.25) is 0 Å². The standard InChI is InChI=1S/C42H52N3O16P3/c1-22(2)11-10-16-40(8)17-15-26-33(56-40)25(13-12-23(3)4)34-29(35(26)58-63(51,52)61-64(53,54)60-62(48,49)50)31-30-32(45-20-19-43-38(45)44-31)27-21-28-39(6,7)59-41(36(27)46,42(28,30)57-34)18-14-24(5)37(47)55-9/h11-12,14-15,17,19-20,27-28,32H,10,13,16,18,21H2,1-9H3,(H,43,44)(H,51,52)(H,53,54)(H2,48,49,50)/b24-14-. The van der Waals surface area contributed by atoms with Crippen LogP contribution >= 0.6 is 23.5 Å². The quantitative estimate of drug-likeness (QED) is 0.0524. The van der Waals surface area contributed by atoms with Crippen LogP contribution in [-0.2, 0) is 47.8 Å². The molecule has 1 saturated heterocycles. The first kappa shape index (κ1) is 46.4. The average molecular weight is 948 g/mol. The van der Waals surface area contributed by atoms with Crippen molar-refractivity contribution in [1.82, 2.24) is 9.55 Å². The number of carbonyl (C=O) groups excluding carboxylic acids is 2. The molecule has 19 nitrogen and oxygen atoms in total. The smallest absolute Gasteiger partial charge is 0.482 e. The first-order valence-electron chi connectivity index (χ1n) is 20.6. The van der Waals surface area contributed by atoms with Gasteiger partial charge in [0.25, 0.3) is 0 Å². The number of Topliss-reactive ketones (excluding diaryl/α,β-unsaturated/α-hetero) is 1. The summed E-state index contributed by atoms with van der Waals surface area (Å²) in [6, 6.07) is -0.733. The van der Waals surface area contributed by atoms with Gasteiger partial charge in [0.2, 0.25) is 5.95 Å². The predicted molar refractivity (Wildman–Crippen MR) is 231 cm³/mol. The number of imidazole rings is 1. The van der Waals surface area contributed by atoms with Gasteiger partial charge in [0, 0.05) is 47.4 Å². The number of hydrogen-bond acceptors (Lipinski definition) is 14. The molecule has 7 aliphatic rings. The van der Waals surface area contributed by atoms with E-state index in [9.17, 15) is 38.1 Å². The van der Waals surface area contributed by atoms with Crippen molar-refractivity contribution in [3.05, 3.63) is 75.7 Å². The lowest BCUT2D eigenvalue weighted by Gasteiger charge is -2.62. The number of phosphoric acid groups is 3. The molecular formula is C42H52N3O16P3. The maximum atomic E-state index is 15.4. The molecule has 22 heteroatoms. The van der Waals surface area contributed by atoms with E-state index in [1.54, 1.807) is 37.5 Å². The van der Waals surface area contributed by atoms with Crippen LogP contribution < -0.4 is 19.3 Å². The molecule has 1 spiro atoms. The molecule has 8 atom stereocenters. The summed E-state index contributed by atoms with van der Waals surface area (Å²) in [7, 11) is -16.4. The minimum Gasteiger partial charge on any atom is -0.482 e. The second-order valence-corrected chi connectivity index (χ2v) is 22.6. The third-order valence-electron chi connectivity index (χ3n) is 12.8. The van der Waals surface area contributed by atoms with E-state index >= 15 is 4.79 Å². The molecule has 1 aromatic heterocycles. The molecule has 4 fully saturated rings. The summed E-state index contributed by atoms with van der Waals surface area (Å²) >= 11 is 0. The Balaban J connectivity index is 1.46. The summed E-state index contributed by atoms with van der Waals surface area (Å²) in [5.41, 5.74) is -1.75. The zero-order valence-electron chi connectivity index (χ0n) is 36.7. The molecular weight excluding hydrogens is 895 g/mol. The number of fused-ring (bicyclic) bond motifs is 4. The van der Waals surface area contributed by atoms with Crippen molar-refractivity contribution in [2.45, 2.75) is 116 Å². The molecule has 3 saturated carbocycles. The molecule has 9 rings (SSSR count). The minimum absolute atomic E-state index is 0.0346. The fourth-order valence-electron chi connectivity index (χ4n) is 10.4. The molecule has 2 aromatic rings.